The third-order valence-electron chi connectivity index (χ3n) is 12.9. The number of hydrogen-bond acceptors (Lipinski definition) is 11. The fraction of sp³-hybridized carbons (Fsp3) is 0.543. The number of sulfonamides is 1. The van der Waals surface area contributed by atoms with Crippen molar-refractivity contribution in [3.05, 3.63) is 54.6 Å². The third-order valence-corrected chi connectivity index (χ3v) is 14.7. The molecule has 338 valence electrons. The van der Waals surface area contributed by atoms with Gasteiger partial charge < -0.3 is 34.3 Å². The molecule has 16 nitrogen and oxygen atoms in total. The SMILES string of the molecule is COc1ccc2c(O[C@@H]3C[C@H]4C(=O)N[C@]5(C(=O)NS(=O)(=O)C6CC6)C[C@H]5/C=C\CC[C@@H](C)C[C@@H](C)[C@H](N(C(=O)O)C(C)(C)C)C(=O)N4C3)nc(-c3ccc4c(c3)OCCO4)cc2c1. The molecule has 2 saturated carbocycles. The Morgan fingerprint density at radius 1 is 1.02 bits per heavy atom. The zero-order valence-electron chi connectivity index (χ0n) is 36.6. The molecular formula is C46H57N5O11S. The number of nitrogens with zero attached hydrogens (tertiary/aromatic N) is 3. The van der Waals surface area contributed by atoms with E-state index in [2.05, 4.69) is 17.0 Å². The number of amides is 4. The lowest BCUT2D eigenvalue weighted by atomic mass is 9.85. The predicted octanol–water partition coefficient (Wildman–Crippen LogP) is 5.67. The van der Waals surface area contributed by atoms with Gasteiger partial charge in [0, 0.05) is 28.8 Å². The Morgan fingerprint density at radius 2 is 1.76 bits per heavy atom. The van der Waals surface area contributed by atoms with Crippen LogP contribution in [0, 0.1) is 17.8 Å². The highest BCUT2D eigenvalue weighted by Gasteiger charge is 2.62. The van der Waals surface area contributed by atoms with Gasteiger partial charge in [-0.1, -0.05) is 26.0 Å². The molecule has 0 unspecified atom stereocenters. The van der Waals surface area contributed by atoms with E-state index in [1.165, 1.54) is 9.80 Å². The van der Waals surface area contributed by atoms with Crippen molar-refractivity contribution in [2.75, 3.05) is 26.9 Å². The predicted molar refractivity (Wildman–Crippen MR) is 233 cm³/mol. The molecule has 2 aromatic carbocycles. The largest absolute Gasteiger partial charge is 0.497 e. The number of carbonyl (C=O) groups is 4. The van der Waals surface area contributed by atoms with Crippen LogP contribution >= 0.6 is 0 Å². The number of methoxy groups -OCH3 is 1. The number of benzene rings is 2. The molecule has 3 fully saturated rings. The molecule has 63 heavy (non-hydrogen) atoms. The summed E-state index contributed by atoms with van der Waals surface area (Å²) >= 11 is 0. The number of nitrogens with one attached hydrogen (secondary N) is 2. The van der Waals surface area contributed by atoms with Crippen LogP contribution in [0.3, 0.4) is 0 Å². The van der Waals surface area contributed by atoms with Crippen LogP contribution in [0.15, 0.2) is 54.6 Å². The molecule has 1 saturated heterocycles. The summed E-state index contributed by atoms with van der Waals surface area (Å²) in [5, 5.41) is 14.4. The first kappa shape index (κ1) is 44.0. The molecule has 17 heteroatoms. The maximum absolute atomic E-state index is 15.3. The summed E-state index contributed by atoms with van der Waals surface area (Å²) in [6, 6.07) is 10.5. The molecule has 5 aliphatic rings. The lowest BCUT2D eigenvalue weighted by molar-refractivity contribution is -0.146. The lowest BCUT2D eigenvalue weighted by Gasteiger charge is -2.43. The number of allylic oxidation sites excluding steroid dienone is 1. The first-order valence-electron chi connectivity index (χ1n) is 21.8. The Labute approximate surface area is 367 Å². The van der Waals surface area contributed by atoms with Crippen molar-refractivity contribution in [3.63, 3.8) is 0 Å². The summed E-state index contributed by atoms with van der Waals surface area (Å²) in [6.45, 7) is 9.86. The number of rotatable bonds is 8. The van der Waals surface area contributed by atoms with Crippen LogP contribution in [0.5, 0.6) is 23.1 Å². The van der Waals surface area contributed by atoms with Crippen LogP contribution in [0.25, 0.3) is 22.0 Å². The minimum Gasteiger partial charge on any atom is -0.497 e. The first-order valence-corrected chi connectivity index (χ1v) is 23.4. The first-order chi connectivity index (χ1) is 29.9. The monoisotopic (exact) mass is 887 g/mol. The second-order valence-corrected chi connectivity index (χ2v) is 20.7. The molecule has 3 aromatic rings. The average molecular weight is 888 g/mol. The van der Waals surface area contributed by atoms with Gasteiger partial charge in [0.25, 0.3) is 5.91 Å². The number of carboxylic acid groups (broad SMARTS) is 1. The summed E-state index contributed by atoms with van der Waals surface area (Å²) in [5.41, 5.74) is -1.30. The smallest absolute Gasteiger partial charge is 0.408 e. The zero-order chi connectivity index (χ0) is 45.0. The molecule has 0 spiro atoms. The van der Waals surface area contributed by atoms with Gasteiger partial charge in [0.1, 0.15) is 42.7 Å². The van der Waals surface area contributed by atoms with Crippen molar-refractivity contribution in [1.82, 2.24) is 24.8 Å². The molecule has 7 atom stereocenters. The van der Waals surface area contributed by atoms with E-state index in [9.17, 15) is 27.9 Å². The average Bonchev–Trinajstić information content (AvgIpc) is 4.16. The number of pyridine rings is 1. The Morgan fingerprint density at radius 3 is 2.46 bits per heavy atom. The van der Waals surface area contributed by atoms with Gasteiger partial charge in [0.15, 0.2) is 11.5 Å². The summed E-state index contributed by atoms with van der Waals surface area (Å²) in [7, 11) is -2.38. The molecule has 4 heterocycles. The Balaban J connectivity index is 1.19. The fourth-order valence-corrected chi connectivity index (χ4v) is 10.8. The fourth-order valence-electron chi connectivity index (χ4n) is 9.40. The van der Waals surface area contributed by atoms with Gasteiger partial charge in [-0.2, -0.15) is 0 Å². The van der Waals surface area contributed by atoms with E-state index in [-0.39, 0.29) is 31.2 Å². The van der Waals surface area contributed by atoms with E-state index in [4.69, 9.17) is 23.9 Å². The van der Waals surface area contributed by atoms with Gasteiger partial charge in [0.2, 0.25) is 27.7 Å². The molecule has 1 aromatic heterocycles. The normalized spacial score (nSPS) is 28.1. The van der Waals surface area contributed by atoms with Crippen molar-refractivity contribution in [1.29, 1.82) is 0 Å². The molecule has 0 bridgehead atoms. The van der Waals surface area contributed by atoms with Gasteiger partial charge >= 0.3 is 6.09 Å². The number of fused-ring (bicyclic) bond motifs is 4. The summed E-state index contributed by atoms with van der Waals surface area (Å²) < 4.78 is 52.2. The highest BCUT2D eigenvalue weighted by atomic mass is 32.2. The molecule has 2 aliphatic carbocycles. The van der Waals surface area contributed by atoms with Gasteiger partial charge in [0.05, 0.1) is 24.6 Å². The standard InChI is InChI=1S/C46H57N5O11S/c1-26-9-7-8-10-30-24-46(30,43(54)49-63(57,58)33-13-14-33)48-40(52)36-23-32(25-50(36)42(53)39(27(2)19-26)51(44(55)56)45(3,4)5)62-41-34-15-12-31(59-6)20-29(34)21-35(47-41)28-11-16-37-38(22-28)61-18-17-60-37/h8,10-12,15-16,20-22,26-27,30,32-33,36,39H,7,9,13-14,17-19,23-25H2,1-6H3,(H,48,52)(H,49,54)(H,55,56)/b10-8-/t26-,27-,30-,32-,36+,39+,46-/m1/s1. The van der Waals surface area contributed by atoms with Crippen LogP contribution in [-0.2, 0) is 24.4 Å². The highest BCUT2D eigenvalue weighted by Crippen LogP contribution is 2.47. The van der Waals surface area contributed by atoms with Gasteiger partial charge in [-0.25, -0.2) is 18.2 Å². The minimum atomic E-state index is -3.95. The highest BCUT2D eigenvalue weighted by molar-refractivity contribution is 7.91. The summed E-state index contributed by atoms with van der Waals surface area (Å²) in [4.78, 5) is 64.8. The molecule has 8 rings (SSSR count). The maximum atomic E-state index is 15.3. The van der Waals surface area contributed by atoms with E-state index in [1.54, 1.807) is 33.9 Å². The summed E-state index contributed by atoms with van der Waals surface area (Å²) in [6.07, 6.45) is 4.61. The van der Waals surface area contributed by atoms with E-state index >= 15 is 4.79 Å². The molecule has 3 N–H and O–H groups in total. The van der Waals surface area contributed by atoms with E-state index < -0.39 is 80.2 Å². The topological polar surface area (TPSA) is 203 Å². The lowest BCUT2D eigenvalue weighted by Crippen LogP contribution is -2.62. The Hall–Kier alpha value is -5.58. The van der Waals surface area contributed by atoms with Crippen molar-refractivity contribution in [2.24, 2.45) is 17.8 Å². The number of aromatic nitrogens is 1. The quantitative estimate of drug-likeness (QED) is 0.234. The van der Waals surface area contributed by atoms with Crippen molar-refractivity contribution < 1.29 is 51.6 Å². The van der Waals surface area contributed by atoms with Crippen molar-refractivity contribution in [3.8, 4) is 34.4 Å². The van der Waals surface area contributed by atoms with Gasteiger partial charge in [-0.3, -0.25) is 24.0 Å². The van der Waals surface area contributed by atoms with Crippen LogP contribution < -0.4 is 29.0 Å². The van der Waals surface area contributed by atoms with Crippen LogP contribution in [0.2, 0.25) is 0 Å². The number of ether oxygens (including phenoxy) is 4. The van der Waals surface area contributed by atoms with Crippen LogP contribution in [0.1, 0.15) is 79.6 Å². The van der Waals surface area contributed by atoms with E-state index in [1.807, 2.05) is 55.5 Å². The molecule has 3 aliphatic heterocycles. The Bertz CT molecular complexity index is 2450. The van der Waals surface area contributed by atoms with Crippen molar-refractivity contribution in [2.45, 2.75) is 114 Å². The van der Waals surface area contributed by atoms with Crippen molar-refractivity contribution >= 4 is 44.6 Å². The van der Waals surface area contributed by atoms with Gasteiger partial charge in [-0.05, 0) is 119 Å². The number of carbonyl (C=O) groups excluding carboxylic acids is 3. The molecule has 4 amide bonds. The van der Waals surface area contributed by atoms with Crippen LogP contribution in [-0.4, -0.2) is 114 Å². The second kappa shape index (κ2) is 16.8. The van der Waals surface area contributed by atoms with Gasteiger partial charge in [-0.15, -0.1) is 0 Å². The second-order valence-electron chi connectivity index (χ2n) is 18.8. The minimum absolute atomic E-state index is 0.0379. The summed E-state index contributed by atoms with van der Waals surface area (Å²) in [5.74, 6) is -0.893. The third kappa shape index (κ3) is 8.98. The molecular weight excluding hydrogens is 831 g/mol. The van der Waals surface area contributed by atoms with E-state index in [0.29, 0.717) is 67.2 Å². The molecule has 0 radical (unpaired) electrons. The van der Waals surface area contributed by atoms with E-state index in [0.717, 1.165) is 17.4 Å². The maximum Gasteiger partial charge on any atom is 0.408 e. The Kier molecular flexibility index (Phi) is 11.8. The van der Waals surface area contributed by atoms with Crippen LogP contribution in [0.4, 0.5) is 4.79 Å². The zero-order valence-corrected chi connectivity index (χ0v) is 37.4. The number of hydrogen-bond donors (Lipinski definition) is 3.